The maximum absolute atomic E-state index is 13.1. The number of amides is 1. The van der Waals surface area contributed by atoms with Crippen LogP contribution >= 0.6 is 0 Å². The van der Waals surface area contributed by atoms with Gasteiger partial charge < -0.3 is 10.1 Å². The minimum Gasteiger partial charge on any atom is -0.449 e. The molecule has 0 aliphatic carbocycles. The van der Waals surface area contributed by atoms with E-state index in [4.69, 9.17) is 4.74 Å². The predicted octanol–water partition coefficient (Wildman–Crippen LogP) is 2.55. The van der Waals surface area contributed by atoms with E-state index in [9.17, 15) is 22.4 Å². The number of sulfone groups is 1. The molecule has 1 N–H and O–H groups in total. The fourth-order valence-corrected chi connectivity index (χ4v) is 2.97. The molecule has 0 bridgehead atoms. The Balaban J connectivity index is 2.02. The van der Waals surface area contributed by atoms with E-state index in [0.717, 1.165) is 12.3 Å². The van der Waals surface area contributed by atoms with E-state index in [2.05, 4.69) is 5.32 Å². The van der Waals surface area contributed by atoms with Gasteiger partial charge in [-0.25, -0.2) is 17.6 Å². The van der Waals surface area contributed by atoms with Gasteiger partial charge >= 0.3 is 5.97 Å². The Bertz CT molecular complexity index is 927. The number of hydrogen-bond donors (Lipinski definition) is 1. The van der Waals surface area contributed by atoms with Crippen molar-refractivity contribution in [2.45, 2.75) is 18.8 Å². The number of ether oxygens (including phenoxy) is 1. The number of nitrogens with one attached hydrogen (secondary N) is 1. The normalized spacial score (nSPS) is 12.3. The van der Waals surface area contributed by atoms with Crippen molar-refractivity contribution < 1.29 is 27.1 Å². The molecule has 2 rings (SSSR count). The van der Waals surface area contributed by atoms with Crippen LogP contribution in [0.4, 0.5) is 10.1 Å². The second-order valence-electron chi connectivity index (χ2n) is 5.82. The third-order valence-corrected chi connectivity index (χ3v) is 4.19. The fraction of sp³-hybridized carbons (Fsp3) is 0.222. The van der Waals surface area contributed by atoms with E-state index in [1.54, 1.807) is 6.07 Å². The van der Waals surface area contributed by atoms with E-state index in [1.165, 1.54) is 43.3 Å². The van der Waals surface area contributed by atoms with Crippen molar-refractivity contribution in [3.8, 4) is 0 Å². The largest absolute Gasteiger partial charge is 0.449 e. The molecule has 2 aromatic carbocycles. The maximum atomic E-state index is 13.1. The van der Waals surface area contributed by atoms with Crippen molar-refractivity contribution in [1.82, 2.24) is 0 Å². The first kappa shape index (κ1) is 19.6. The first-order valence-corrected chi connectivity index (χ1v) is 9.74. The SMILES string of the molecule is C[C@@H](OC(=O)c1cccc(CS(C)(=O)=O)c1)C(=O)Nc1cccc(F)c1. The lowest BCUT2D eigenvalue weighted by Crippen LogP contribution is -2.30. The van der Waals surface area contributed by atoms with Crippen LogP contribution in [0.25, 0.3) is 0 Å². The van der Waals surface area contributed by atoms with E-state index in [1.807, 2.05) is 0 Å². The summed E-state index contributed by atoms with van der Waals surface area (Å²) in [5.74, 6) is -2.09. The van der Waals surface area contributed by atoms with Crippen molar-refractivity contribution in [3.05, 3.63) is 65.5 Å². The summed E-state index contributed by atoms with van der Waals surface area (Å²) in [6.45, 7) is 1.38. The van der Waals surface area contributed by atoms with Crippen molar-refractivity contribution in [2.75, 3.05) is 11.6 Å². The molecule has 0 saturated heterocycles. The second-order valence-corrected chi connectivity index (χ2v) is 7.96. The lowest BCUT2D eigenvalue weighted by Gasteiger charge is -2.14. The summed E-state index contributed by atoms with van der Waals surface area (Å²) in [5, 5.41) is 2.45. The predicted molar refractivity (Wildman–Crippen MR) is 94.9 cm³/mol. The Morgan fingerprint density at radius 1 is 1.15 bits per heavy atom. The van der Waals surface area contributed by atoms with Gasteiger partial charge in [-0.15, -0.1) is 0 Å². The average Bonchev–Trinajstić information content (AvgIpc) is 2.53. The number of halogens is 1. The Labute approximate surface area is 150 Å². The molecule has 2 aromatic rings. The Morgan fingerprint density at radius 3 is 2.50 bits per heavy atom. The van der Waals surface area contributed by atoms with Crippen LogP contribution in [0.2, 0.25) is 0 Å². The highest BCUT2D eigenvalue weighted by Gasteiger charge is 2.19. The number of esters is 1. The molecular weight excluding hydrogens is 361 g/mol. The molecule has 138 valence electrons. The van der Waals surface area contributed by atoms with E-state index in [-0.39, 0.29) is 17.0 Å². The van der Waals surface area contributed by atoms with Gasteiger partial charge in [-0.1, -0.05) is 18.2 Å². The highest BCUT2D eigenvalue weighted by molar-refractivity contribution is 7.89. The van der Waals surface area contributed by atoms with Crippen LogP contribution in [-0.2, 0) is 25.1 Å². The maximum Gasteiger partial charge on any atom is 0.338 e. The zero-order valence-corrected chi connectivity index (χ0v) is 15.0. The van der Waals surface area contributed by atoms with Gasteiger partial charge in [-0.05, 0) is 42.8 Å². The summed E-state index contributed by atoms with van der Waals surface area (Å²) >= 11 is 0. The fourth-order valence-electron chi connectivity index (χ4n) is 2.18. The van der Waals surface area contributed by atoms with Crippen molar-refractivity contribution in [1.29, 1.82) is 0 Å². The standard InChI is InChI=1S/C18H18FNO5S/c1-12(17(21)20-16-8-4-7-15(19)10-16)25-18(22)14-6-3-5-13(9-14)11-26(2,23)24/h3-10,12H,11H2,1-2H3,(H,20,21)/t12-/m1/s1. The third kappa shape index (κ3) is 5.96. The van der Waals surface area contributed by atoms with Crippen LogP contribution < -0.4 is 5.32 Å². The topological polar surface area (TPSA) is 89.5 Å². The van der Waals surface area contributed by atoms with Crippen molar-refractivity contribution >= 4 is 27.4 Å². The summed E-state index contributed by atoms with van der Waals surface area (Å²) in [4.78, 5) is 24.2. The van der Waals surface area contributed by atoms with Gasteiger partial charge in [0.2, 0.25) is 0 Å². The molecule has 0 aromatic heterocycles. The zero-order chi connectivity index (χ0) is 19.3. The molecule has 1 amide bonds. The van der Waals surface area contributed by atoms with Gasteiger partial charge in [0.1, 0.15) is 5.82 Å². The first-order valence-electron chi connectivity index (χ1n) is 7.68. The molecule has 0 fully saturated rings. The molecule has 8 heteroatoms. The van der Waals surface area contributed by atoms with E-state index >= 15 is 0 Å². The first-order chi connectivity index (χ1) is 12.1. The minimum atomic E-state index is -3.24. The monoisotopic (exact) mass is 379 g/mol. The van der Waals surface area contributed by atoms with Gasteiger partial charge in [0.05, 0.1) is 11.3 Å². The van der Waals surface area contributed by atoms with Crippen LogP contribution in [0.3, 0.4) is 0 Å². The van der Waals surface area contributed by atoms with E-state index < -0.39 is 33.6 Å². The van der Waals surface area contributed by atoms with Crippen molar-refractivity contribution in [2.24, 2.45) is 0 Å². The Morgan fingerprint density at radius 2 is 1.85 bits per heavy atom. The molecular formula is C18H18FNO5S. The molecule has 26 heavy (non-hydrogen) atoms. The summed E-state index contributed by atoms with van der Waals surface area (Å²) in [6, 6.07) is 11.3. The van der Waals surface area contributed by atoms with Crippen LogP contribution in [0.5, 0.6) is 0 Å². The van der Waals surface area contributed by atoms with Crippen LogP contribution in [0.1, 0.15) is 22.8 Å². The number of rotatable bonds is 6. The van der Waals surface area contributed by atoms with Crippen LogP contribution in [-0.4, -0.2) is 32.7 Å². The Kier molecular flexibility index (Phi) is 6.10. The van der Waals surface area contributed by atoms with Gasteiger partial charge in [-0.2, -0.15) is 0 Å². The molecule has 0 aliphatic heterocycles. The molecule has 1 atom stereocenters. The van der Waals surface area contributed by atoms with Crippen molar-refractivity contribution in [3.63, 3.8) is 0 Å². The third-order valence-electron chi connectivity index (χ3n) is 3.34. The number of hydrogen-bond acceptors (Lipinski definition) is 5. The van der Waals surface area contributed by atoms with Gasteiger partial charge in [0.15, 0.2) is 15.9 Å². The van der Waals surface area contributed by atoms with Gasteiger partial charge in [-0.3, -0.25) is 4.79 Å². The summed E-state index contributed by atoms with van der Waals surface area (Å²) in [7, 11) is -3.24. The molecule has 0 unspecified atom stereocenters. The lowest BCUT2D eigenvalue weighted by atomic mass is 10.1. The zero-order valence-electron chi connectivity index (χ0n) is 14.2. The minimum absolute atomic E-state index is 0.136. The Hall–Kier alpha value is -2.74. The van der Waals surface area contributed by atoms with Gasteiger partial charge in [0.25, 0.3) is 5.91 Å². The average molecular weight is 379 g/mol. The van der Waals surface area contributed by atoms with Crippen LogP contribution in [0.15, 0.2) is 48.5 Å². The number of carbonyl (C=O) groups excluding carboxylic acids is 2. The molecule has 0 aliphatic rings. The highest BCUT2D eigenvalue weighted by Crippen LogP contribution is 2.13. The van der Waals surface area contributed by atoms with Gasteiger partial charge in [0, 0.05) is 11.9 Å². The summed E-state index contributed by atoms with van der Waals surface area (Å²) in [6.07, 6.45) is -0.0269. The molecule has 0 heterocycles. The van der Waals surface area contributed by atoms with Crippen LogP contribution in [0, 0.1) is 5.82 Å². The molecule has 6 nitrogen and oxygen atoms in total. The molecule has 0 saturated carbocycles. The number of carbonyl (C=O) groups is 2. The second kappa shape index (κ2) is 8.09. The smallest absolute Gasteiger partial charge is 0.338 e. The summed E-state index contributed by atoms with van der Waals surface area (Å²) < 4.78 is 40.9. The molecule has 0 radical (unpaired) electrons. The quantitative estimate of drug-likeness (QED) is 0.779. The van der Waals surface area contributed by atoms with E-state index in [0.29, 0.717) is 5.56 Å². The summed E-state index contributed by atoms with van der Waals surface area (Å²) in [5.41, 5.74) is 0.823. The molecule has 0 spiro atoms. The number of anilines is 1. The number of benzene rings is 2. The lowest BCUT2D eigenvalue weighted by molar-refractivity contribution is -0.123. The highest BCUT2D eigenvalue weighted by atomic mass is 32.2.